The maximum absolute atomic E-state index is 3.47. The standard InChI is InChI=1S/C17H28N2/c1-4-14(2)16-6-8-17(9-7-16)15(3)19-12-5-10-18-11-13-19/h6-9,14-15,18H,4-5,10-13H2,1-3H3. The molecular weight excluding hydrogens is 232 g/mol. The van der Waals surface area contributed by atoms with E-state index in [0.717, 1.165) is 19.6 Å². The van der Waals surface area contributed by atoms with Gasteiger partial charge in [0.05, 0.1) is 0 Å². The summed E-state index contributed by atoms with van der Waals surface area (Å²) in [6.07, 6.45) is 2.47. The summed E-state index contributed by atoms with van der Waals surface area (Å²) in [7, 11) is 0. The molecular formula is C17H28N2. The van der Waals surface area contributed by atoms with Crippen molar-refractivity contribution < 1.29 is 0 Å². The molecule has 0 radical (unpaired) electrons. The minimum Gasteiger partial charge on any atom is -0.315 e. The summed E-state index contributed by atoms with van der Waals surface area (Å²) >= 11 is 0. The van der Waals surface area contributed by atoms with Crippen LogP contribution in [0.25, 0.3) is 0 Å². The van der Waals surface area contributed by atoms with Gasteiger partial charge in [0.2, 0.25) is 0 Å². The zero-order valence-corrected chi connectivity index (χ0v) is 12.7. The predicted molar refractivity (Wildman–Crippen MR) is 82.6 cm³/mol. The molecule has 0 bridgehead atoms. The molecule has 19 heavy (non-hydrogen) atoms. The summed E-state index contributed by atoms with van der Waals surface area (Å²) in [6, 6.07) is 9.81. The molecule has 2 unspecified atom stereocenters. The molecule has 1 aliphatic heterocycles. The first-order valence-corrected chi connectivity index (χ1v) is 7.77. The van der Waals surface area contributed by atoms with Gasteiger partial charge < -0.3 is 5.32 Å². The largest absolute Gasteiger partial charge is 0.315 e. The van der Waals surface area contributed by atoms with Crippen molar-refractivity contribution in [3.8, 4) is 0 Å². The second kappa shape index (κ2) is 7.06. The van der Waals surface area contributed by atoms with Crippen molar-refractivity contribution in [2.75, 3.05) is 26.2 Å². The van der Waals surface area contributed by atoms with Crippen LogP contribution in [0.5, 0.6) is 0 Å². The van der Waals surface area contributed by atoms with E-state index in [9.17, 15) is 0 Å². The Labute approximate surface area is 118 Å². The fourth-order valence-electron chi connectivity index (χ4n) is 2.80. The van der Waals surface area contributed by atoms with E-state index in [1.807, 2.05) is 0 Å². The molecule has 1 heterocycles. The van der Waals surface area contributed by atoms with Crippen LogP contribution in [0.3, 0.4) is 0 Å². The summed E-state index contributed by atoms with van der Waals surface area (Å²) in [5.74, 6) is 0.673. The lowest BCUT2D eigenvalue weighted by Gasteiger charge is -2.28. The van der Waals surface area contributed by atoms with Gasteiger partial charge >= 0.3 is 0 Å². The number of benzene rings is 1. The first-order chi connectivity index (χ1) is 9.22. The Kier molecular flexibility index (Phi) is 5.41. The average Bonchev–Trinajstić information content (AvgIpc) is 2.75. The van der Waals surface area contributed by atoms with Gasteiger partial charge in [-0.2, -0.15) is 0 Å². The third-order valence-electron chi connectivity index (χ3n) is 4.52. The normalized spacial score (nSPS) is 20.8. The minimum atomic E-state index is 0.533. The van der Waals surface area contributed by atoms with Gasteiger partial charge in [-0.25, -0.2) is 0 Å². The van der Waals surface area contributed by atoms with Gasteiger partial charge in [0.1, 0.15) is 0 Å². The van der Waals surface area contributed by atoms with Crippen molar-refractivity contribution in [3.63, 3.8) is 0 Å². The van der Waals surface area contributed by atoms with Crippen molar-refractivity contribution in [2.45, 2.75) is 45.6 Å². The monoisotopic (exact) mass is 260 g/mol. The van der Waals surface area contributed by atoms with Gasteiger partial charge in [0, 0.05) is 19.1 Å². The van der Waals surface area contributed by atoms with Crippen LogP contribution in [0.15, 0.2) is 24.3 Å². The van der Waals surface area contributed by atoms with Crippen molar-refractivity contribution in [2.24, 2.45) is 0 Å². The quantitative estimate of drug-likeness (QED) is 0.890. The lowest BCUT2D eigenvalue weighted by molar-refractivity contribution is 0.225. The maximum Gasteiger partial charge on any atom is 0.0320 e. The molecule has 1 saturated heterocycles. The van der Waals surface area contributed by atoms with Gasteiger partial charge in [-0.15, -0.1) is 0 Å². The number of hydrogen-bond acceptors (Lipinski definition) is 2. The Hall–Kier alpha value is -0.860. The van der Waals surface area contributed by atoms with Gasteiger partial charge in [0.25, 0.3) is 0 Å². The zero-order chi connectivity index (χ0) is 13.7. The maximum atomic E-state index is 3.47. The predicted octanol–water partition coefficient (Wildman–Crippen LogP) is 3.56. The van der Waals surface area contributed by atoms with Crippen molar-refractivity contribution in [1.29, 1.82) is 0 Å². The van der Waals surface area contributed by atoms with E-state index in [-0.39, 0.29) is 0 Å². The zero-order valence-electron chi connectivity index (χ0n) is 12.7. The Morgan fingerprint density at radius 3 is 2.42 bits per heavy atom. The first-order valence-electron chi connectivity index (χ1n) is 7.77. The fraction of sp³-hybridized carbons (Fsp3) is 0.647. The highest BCUT2D eigenvalue weighted by Crippen LogP contribution is 2.24. The Morgan fingerprint density at radius 1 is 1.05 bits per heavy atom. The Morgan fingerprint density at radius 2 is 1.74 bits per heavy atom. The van der Waals surface area contributed by atoms with Crippen LogP contribution in [0.4, 0.5) is 0 Å². The second-order valence-corrected chi connectivity index (χ2v) is 5.79. The van der Waals surface area contributed by atoms with Gasteiger partial charge in [-0.1, -0.05) is 38.1 Å². The summed E-state index contributed by atoms with van der Waals surface area (Å²) in [6.45, 7) is 11.6. The number of hydrogen-bond donors (Lipinski definition) is 1. The summed E-state index contributed by atoms with van der Waals surface area (Å²) in [5, 5.41) is 3.47. The number of nitrogens with zero attached hydrogens (tertiary/aromatic N) is 1. The van der Waals surface area contributed by atoms with Crippen molar-refractivity contribution in [3.05, 3.63) is 35.4 Å². The molecule has 1 aromatic rings. The van der Waals surface area contributed by atoms with E-state index in [1.54, 1.807) is 0 Å². The average molecular weight is 260 g/mol. The van der Waals surface area contributed by atoms with E-state index >= 15 is 0 Å². The van der Waals surface area contributed by atoms with Gasteiger partial charge in [-0.05, 0) is 49.9 Å². The van der Waals surface area contributed by atoms with Crippen LogP contribution in [0, 0.1) is 0 Å². The number of rotatable bonds is 4. The first kappa shape index (κ1) is 14.5. The van der Waals surface area contributed by atoms with E-state index in [1.165, 1.54) is 30.5 Å². The smallest absolute Gasteiger partial charge is 0.0320 e. The van der Waals surface area contributed by atoms with Crippen LogP contribution in [-0.4, -0.2) is 31.1 Å². The highest BCUT2D eigenvalue weighted by molar-refractivity contribution is 5.27. The van der Waals surface area contributed by atoms with Crippen LogP contribution in [0.1, 0.15) is 56.7 Å². The minimum absolute atomic E-state index is 0.533. The lowest BCUT2D eigenvalue weighted by Crippen LogP contribution is -2.30. The molecule has 2 rings (SSSR count). The van der Waals surface area contributed by atoms with E-state index in [0.29, 0.717) is 12.0 Å². The summed E-state index contributed by atoms with van der Waals surface area (Å²) in [5.41, 5.74) is 2.92. The third-order valence-corrected chi connectivity index (χ3v) is 4.52. The van der Waals surface area contributed by atoms with E-state index < -0.39 is 0 Å². The topological polar surface area (TPSA) is 15.3 Å². The molecule has 0 spiro atoms. The van der Waals surface area contributed by atoms with E-state index in [4.69, 9.17) is 0 Å². The van der Waals surface area contributed by atoms with Crippen molar-refractivity contribution in [1.82, 2.24) is 10.2 Å². The van der Waals surface area contributed by atoms with E-state index in [2.05, 4.69) is 55.3 Å². The van der Waals surface area contributed by atoms with Crippen LogP contribution < -0.4 is 5.32 Å². The molecule has 0 aromatic heterocycles. The van der Waals surface area contributed by atoms with Crippen LogP contribution in [-0.2, 0) is 0 Å². The van der Waals surface area contributed by atoms with Crippen LogP contribution in [0.2, 0.25) is 0 Å². The van der Waals surface area contributed by atoms with Crippen LogP contribution >= 0.6 is 0 Å². The molecule has 1 fully saturated rings. The third kappa shape index (κ3) is 3.80. The van der Waals surface area contributed by atoms with Gasteiger partial charge in [0.15, 0.2) is 0 Å². The highest BCUT2D eigenvalue weighted by atomic mass is 15.2. The summed E-state index contributed by atoms with van der Waals surface area (Å²) in [4.78, 5) is 2.60. The van der Waals surface area contributed by atoms with Gasteiger partial charge in [-0.3, -0.25) is 4.90 Å². The summed E-state index contributed by atoms with van der Waals surface area (Å²) < 4.78 is 0. The Bertz CT molecular complexity index is 363. The molecule has 0 saturated carbocycles. The van der Waals surface area contributed by atoms with Crippen molar-refractivity contribution >= 4 is 0 Å². The second-order valence-electron chi connectivity index (χ2n) is 5.79. The molecule has 0 aliphatic carbocycles. The number of nitrogens with one attached hydrogen (secondary N) is 1. The molecule has 106 valence electrons. The molecule has 0 amide bonds. The molecule has 2 atom stereocenters. The lowest BCUT2D eigenvalue weighted by atomic mass is 9.96. The highest BCUT2D eigenvalue weighted by Gasteiger charge is 2.17. The SMILES string of the molecule is CCC(C)c1ccc(C(C)N2CCCNCC2)cc1. The molecule has 1 aromatic carbocycles. The Balaban J connectivity index is 2.03. The molecule has 2 nitrogen and oxygen atoms in total. The molecule has 2 heteroatoms. The fourth-order valence-corrected chi connectivity index (χ4v) is 2.80. The molecule has 1 N–H and O–H groups in total. The molecule has 1 aliphatic rings.